The first-order valence-electron chi connectivity index (χ1n) is 9.78. The Kier molecular flexibility index (Phi) is 5.46. The lowest BCUT2D eigenvalue weighted by molar-refractivity contribution is 0.267. The van der Waals surface area contributed by atoms with Gasteiger partial charge in [-0.15, -0.1) is 0 Å². The Morgan fingerprint density at radius 2 is 1.58 bits per heavy atom. The smallest absolute Gasteiger partial charge is 0.124 e. The first-order valence-corrected chi connectivity index (χ1v) is 9.78. The van der Waals surface area contributed by atoms with Crippen LogP contribution in [0.4, 0.5) is 0 Å². The fraction of sp³-hybridized carbons (Fsp3) is 0.348. The van der Waals surface area contributed by atoms with Crippen molar-refractivity contribution in [3.8, 4) is 0 Å². The molecule has 0 radical (unpaired) electrons. The maximum atomic E-state index is 4.95. The molecule has 1 aromatic heterocycles. The molecule has 26 heavy (non-hydrogen) atoms. The van der Waals surface area contributed by atoms with Gasteiger partial charge in [0.15, 0.2) is 0 Å². The van der Waals surface area contributed by atoms with Crippen LogP contribution in [0.1, 0.15) is 37.1 Å². The van der Waals surface area contributed by atoms with Gasteiger partial charge in [-0.05, 0) is 43.6 Å². The summed E-state index contributed by atoms with van der Waals surface area (Å²) in [5, 5.41) is 0. The molecule has 1 aliphatic rings. The highest BCUT2D eigenvalue weighted by atomic mass is 15.2. The van der Waals surface area contributed by atoms with Gasteiger partial charge in [-0.25, -0.2) is 4.98 Å². The summed E-state index contributed by atoms with van der Waals surface area (Å²) in [5.41, 5.74) is 3.58. The lowest BCUT2D eigenvalue weighted by Gasteiger charge is -2.19. The summed E-state index contributed by atoms with van der Waals surface area (Å²) >= 11 is 0. The van der Waals surface area contributed by atoms with E-state index in [1.54, 1.807) is 0 Å². The van der Waals surface area contributed by atoms with Crippen LogP contribution in [-0.4, -0.2) is 27.5 Å². The van der Waals surface area contributed by atoms with Crippen molar-refractivity contribution in [3.63, 3.8) is 0 Å². The molecule has 3 nitrogen and oxygen atoms in total. The molecule has 0 N–H and O–H groups in total. The number of nitrogens with zero attached hydrogens (tertiary/aromatic N) is 3. The van der Waals surface area contributed by atoms with Crippen LogP contribution in [0.5, 0.6) is 0 Å². The molecule has 0 aliphatic carbocycles. The van der Waals surface area contributed by atoms with Gasteiger partial charge >= 0.3 is 0 Å². The first-order chi connectivity index (χ1) is 12.9. The fourth-order valence-corrected chi connectivity index (χ4v) is 3.80. The number of benzene rings is 2. The Morgan fingerprint density at radius 3 is 2.38 bits per heavy atom. The highest BCUT2D eigenvalue weighted by Gasteiger charge is 2.15. The highest BCUT2D eigenvalue weighted by Crippen LogP contribution is 2.19. The molecule has 0 amide bonds. The molecule has 0 atom stereocenters. The van der Waals surface area contributed by atoms with Crippen LogP contribution in [-0.2, 0) is 13.1 Å². The zero-order chi connectivity index (χ0) is 17.6. The normalized spacial score (nSPS) is 16.3. The minimum absolute atomic E-state index is 0.860. The summed E-state index contributed by atoms with van der Waals surface area (Å²) in [4.78, 5) is 7.53. The van der Waals surface area contributed by atoms with Crippen LogP contribution in [0, 0.1) is 0 Å². The summed E-state index contributed by atoms with van der Waals surface area (Å²) in [5.74, 6) is 1.19. The number of para-hydroxylation sites is 2. The van der Waals surface area contributed by atoms with E-state index >= 15 is 0 Å². The summed E-state index contributed by atoms with van der Waals surface area (Å²) in [6.45, 7) is 4.21. The van der Waals surface area contributed by atoms with E-state index in [0.717, 1.165) is 18.6 Å². The average Bonchev–Trinajstić information content (AvgIpc) is 2.83. The van der Waals surface area contributed by atoms with Crippen LogP contribution in [0.25, 0.3) is 17.1 Å². The Bertz CT molecular complexity index is 856. The Balaban J connectivity index is 1.58. The molecule has 0 unspecified atom stereocenters. The van der Waals surface area contributed by atoms with Crippen LogP contribution in [0.3, 0.4) is 0 Å². The number of allylic oxidation sites excluding steroid dienone is 1. The SMILES string of the molecule is C(=C\c1ccccc1)/Cn1c(CN2CCCCCC2)nc2ccccc21. The number of hydrogen-bond donors (Lipinski definition) is 0. The minimum atomic E-state index is 0.860. The van der Waals surface area contributed by atoms with Gasteiger partial charge in [0.05, 0.1) is 17.6 Å². The molecule has 0 bridgehead atoms. The highest BCUT2D eigenvalue weighted by molar-refractivity contribution is 5.76. The topological polar surface area (TPSA) is 21.1 Å². The maximum absolute atomic E-state index is 4.95. The second-order valence-electron chi connectivity index (χ2n) is 7.13. The molecule has 1 fully saturated rings. The predicted octanol–water partition coefficient (Wildman–Crippen LogP) is 5.13. The van der Waals surface area contributed by atoms with Gasteiger partial charge < -0.3 is 4.57 Å². The summed E-state index contributed by atoms with van der Waals surface area (Å²) in [7, 11) is 0. The van der Waals surface area contributed by atoms with E-state index in [0.29, 0.717) is 0 Å². The molecule has 0 spiro atoms. The van der Waals surface area contributed by atoms with Crippen molar-refractivity contribution < 1.29 is 0 Å². The van der Waals surface area contributed by atoms with E-state index in [1.165, 1.54) is 55.7 Å². The number of aromatic nitrogens is 2. The van der Waals surface area contributed by atoms with E-state index in [4.69, 9.17) is 4.98 Å². The Hall–Kier alpha value is -2.39. The number of imidazole rings is 1. The number of hydrogen-bond acceptors (Lipinski definition) is 2. The summed E-state index contributed by atoms with van der Waals surface area (Å²) in [6.07, 6.45) is 9.81. The average molecular weight is 345 g/mol. The van der Waals surface area contributed by atoms with Crippen LogP contribution >= 0.6 is 0 Å². The van der Waals surface area contributed by atoms with Gasteiger partial charge in [0, 0.05) is 6.54 Å². The van der Waals surface area contributed by atoms with Gasteiger partial charge in [0.25, 0.3) is 0 Å². The van der Waals surface area contributed by atoms with E-state index in [9.17, 15) is 0 Å². The van der Waals surface area contributed by atoms with Gasteiger partial charge in [-0.1, -0.05) is 67.5 Å². The first kappa shape index (κ1) is 17.0. The lowest BCUT2D eigenvalue weighted by atomic mass is 10.2. The summed E-state index contributed by atoms with van der Waals surface area (Å²) in [6, 6.07) is 19.0. The molecular formula is C23H27N3. The van der Waals surface area contributed by atoms with Crippen LogP contribution < -0.4 is 0 Å². The molecule has 2 heterocycles. The third kappa shape index (κ3) is 4.05. The molecule has 134 valence electrons. The Labute approximate surface area is 156 Å². The van der Waals surface area contributed by atoms with Crippen molar-refractivity contribution in [2.75, 3.05) is 13.1 Å². The van der Waals surface area contributed by atoms with Gasteiger partial charge in [-0.3, -0.25) is 4.90 Å². The second kappa shape index (κ2) is 8.33. The van der Waals surface area contributed by atoms with Gasteiger partial charge in [0.2, 0.25) is 0 Å². The van der Waals surface area contributed by atoms with Crippen molar-refractivity contribution in [1.29, 1.82) is 0 Å². The Morgan fingerprint density at radius 1 is 0.846 bits per heavy atom. The molecule has 2 aromatic carbocycles. The zero-order valence-electron chi connectivity index (χ0n) is 15.3. The molecule has 1 aliphatic heterocycles. The number of fused-ring (bicyclic) bond motifs is 1. The molecule has 1 saturated heterocycles. The predicted molar refractivity (Wildman–Crippen MR) is 109 cm³/mol. The van der Waals surface area contributed by atoms with Crippen molar-refractivity contribution in [3.05, 3.63) is 72.1 Å². The van der Waals surface area contributed by atoms with Crippen molar-refractivity contribution >= 4 is 17.1 Å². The molecular weight excluding hydrogens is 318 g/mol. The lowest BCUT2D eigenvalue weighted by Crippen LogP contribution is -2.25. The third-order valence-electron chi connectivity index (χ3n) is 5.20. The molecule has 3 heteroatoms. The van der Waals surface area contributed by atoms with Gasteiger partial charge in [0.1, 0.15) is 5.82 Å². The quantitative estimate of drug-likeness (QED) is 0.639. The van der Waals surface area contributed by atoms with Crippen LogP contribution in [0.2, 0.25) is 0 Å². The minimum Gasteiger partial charge on any atom is -0.323 e. The van der Waals surface area contributed by atoms with Crippen molar-refractivity contribution in [2.45, 2.75) is 38.8 Å². The number of likely N-dealkylation sites (tertiary alicyclic amines) is 1. The molecule has 0 saturated carbocycles. The van der Waals surface area contributed by atoms with E-state index in [1.807, 2.05) is 0 Å². The standard InChI is InChI=1S/C23H27N3/c1-2-9-17-25(16-8-1)19-23-24-21-14-6-7-15-22(21)26(23)18-10-13-20-11-4-3-5-12-20/h3-7,10-15H,1-2,8-9,16-19H2/b13-10+. The largest absolute Gasteiger partial charge is 0.323 e. The fourth-order valence-electron chi connectivity index (χ4n) is 3.80. The number of rotatable bonds is 5. The molecule has 3 aromatic rings. The van der Waals surface area contributed by atoms with E-state index in [2.05, 4.69) is 76.2 Å². The van der Waals surface area contributed by atoms with Gasteiger partial charge in [-0.2, -0.15) is 0 Å². The van der Waals surface area contributed by atoms with Crippen LogP contribution in [0.15, 0.2) is 60.7 Å². The summed E-state index contributed by atoms with van der Waals surface area (Å²) < 4.78 is 2.37. The maximum Gasteiger partial charge on any atom is 0.124 e. The van der Waals surface area contributed by atoms with E-state index < -0.39 is 0 Å². The second-order valence-corrected chi connectivity index (χ2v) is 7.13. The van der Waals surface area contributed by atoms with Crippen molar-refractivity contribution in [2.24, 2.45) is 0 Å². The monoisotopic (exact) mass is 345 g/mol. The third-order valence-corrected chi connectivity index (χ3v) is 5.20. The zero-order valence-corrected chi connectivity index (χ0v) is 15.3. The molecule has 4 rings (SSSR count). The van der Waals surface area contributed by atoms with E-state index in [-0.39, 0.29) is 0 Å². The van der Waals surface area contributed by atoms with Crippen molar-refractivity contribution in [1.82, 2.24) is 14.5 Å².